The summed E-state index contributed by atoms with van der Waals surface area (Å²) in [6.45, 7) is 1.29. The lowest BCUT2D eigenvalue weighted by molar-refractivity contribution is -0.310. The van der Waals surface area contributed by atoms with Crippen LogP contribution in [0, 0.1) is 0 Å². The van der Waals surface area contributed by atoms with Gasteiger partial charge in [0.2, 0.25) is 5.91 Å². The number of para-hydroxylation sites is 1. The number of hydrogen-bond donors (Lipinski definition) is 3. The van der Waals surface area contributed by atoms with Gasteiger partial charge in [-0.2, -0.15) is 0 Å². The zero-order valence-corrected chi connectivity index (χ0v) is 11.6. The zero-order chi connectivity index (χ0) is 15.4. The number of aromatic nitrogens is 1. The molecule has 0 saturated carbocycles. The summed E-state index contributed by atoms with van der Waals surface area (Å²) >= 11 is 0. The Morgan fingerprint density at radius 2 is 2.10 bits per heavy atom. The summed E-state index contributed by atoms with van der Waals surface area (Å²) in [6.07, 6.45) is 1.25. The second-order valence-electron chi connectivity index (χ2n) is 4.96. The highest BCUT2D eigenvalue weighted by molar-refractivity contribution is 5.85. The molecule has 112 valence electrons. The zero-order valence-electron chi connectivity index (χ0n) is 11.6. The summed E-state index contributed by atoms with van der Waals surface area (Å²) in [7, 11) is 0. The number of rotatable bonds is 6. The van der Waals surface area contributed by atoms with Crippen LogP contribution >= 0.6 is 0 Å². The van der Waals surface area contributed by atoms with Crippen molar-refractivity contribution in [2.75, 3.05) is 0 Å². The fraction of sp³-hybridized carbons (Fsp3) is 0.333. The molecule has 2 atom stereocenters. The lowest BCUT2D eigenvalue weighted by Gasteiger charge is -2.22. The minimum absolute atomic E-state index is 0.137. The summed E-state index contributed by atoms with van der Waals surface area (Å²) in [5.74, 6) is -1.93. The van der Waals surface area contributed by atoms with Crippen LogP contribution in [0.25, 0.3) is 10.9 Å². The normalized spacial score (nSPS) is 13.8. The largest absolute Gasteiger partial charge is 0.548 e. The monoisotopic (exact) mass is 289 g/mol. The Morgan fingerprint density at radius 3 is 2.76 bits per heavy atom. The maximum absolute atomic E-state index is 11.8. The molecule has 1 aromatic carbocycles. The summed E-state index contributed by atoms with van der Waals surface area (Å²) in [5.41, 5.74) is 1.98. The van der Waals surface area contributed by atoms with Gasteiger partial charge < -0.3 is 25.3 Å². The number of carbonyl (C=O) groups is 2. The third-order valence-corrected chi connectivity index (χ3v) is 3.35. The van der Waals surface area contributed by atoms with E-state index in [1.807, 2.05) is 30.5 Å². The van der Waals surface area contributed by atoms with Crippen molar-refractivity contribution < 1.29 is 19.8 Å². The molecule has 0 saturated heterocycles. The molecule has 1 heterocycles. The molecule has 0 aliphatic carbocycles. The molecular formula is C15H17N2O4-. The standard InChI is InChI=1S/C15H18N2O4/c1-9(18)14(15(20)21)17-13(19)7-6-10-8-16-12-5-3-2-4-11(10)12/h2-5,8-9,14,16,18H,6-7H2,1H3,(H,17,19)(H,20,21)/p-1/t9-,14+/m1/s1. The molecule has 0 bridgehead atoms. The van der Waals surface area contributed by atoms with Crippen LogP contribution < -0.4 is 10.4 Å². The van der Waals surface area contributed by atoms with Crippen LogP contribution in [0.5, 0.6) is 0 Å². The van der Waals surface area contributed by atoms with Gasteiger partial charge in [-0.1, -0.05) is 18.2 Å². The van der Waals surface area contributed by atoms with Gasteiger partial charge in [0.25, 0.3) is 0 Å². The van der Waals surface area contributed by atoms with Crippen LogP contribution in [0.15, 0.2) is 30.5 Å². The molecule has 0 radical (unpaired) electrons. The van der Waals surface area contributed by atoms with Crippen LogP contribution in [-0.2, 0) is 16.0 Å². The first-order valence-electron chi connectivity index (χ1n) is 6.72. The molecule has 0 aliphatic rings. The second-order valence-corrected chi connectivity index (χ2v) is 4.96. The van der Waals surface area contributed by atoms with Crippen molar-refractivity contribution in [3.05, 3.63) is 36.0 Å². The van der Waals surface area contributed by atoms with Gasteiger partial charge in [0.1, 0.15) is 0 Å². The van der Waals surface area contributed by atoms with Gasteiger partial charge in [0.15, 0.2) is 0 Å². The van der Waals surface area contributed by atoms with Crippen molar-refractivity contribution in [1.29, 1.82) is 0 Å². The van der Waals surface area contributed by atoms with Gasteiger partial charge in [-0.25, -0.2) is 0 Å². The number of amides is 1. The van der Waals surface area contributed by atoms with Gasteiger partial charge in [0, 0.05) is 23.5 Å². The van der Waals surface area contributed by atoms with Crippen LogP contribution in [0.1, 0.15) is 18.9 Å². The number of carboxylic acids is 1. The number of carbonyl (C=O) groups excluding carboxylic acids is 2. The van der Waals surface area contributed by atoms with E-state index in [0.29, 0.717) is 6.42 Å². The molecule has 2 aromatic rings. The number of benzene rings is 1. The van der Waals surface area contributed by atoms with Gasteiger partial charge >= 0.3 is 0 Å². The van der Waals surface area contributed by atoms with Crippen LogP contribution in [0.3, 0.4) is 0 Å². The van der Waals surface area contributed by atoms with Crippen LogP contribution in [0.2, 0.25) is 0 Å². The Labute approximate surface area is 121 Å². The maximum atomic E-state index is 11.8. The average molecular weight is 289 g/mol. The first-order chi connectivity index (χ1) is 9.99. The van der Waals surface area contributed by atoms with Gasteiger partial charge in [0.05, 0.1) is 18.1 Å². The number of aliphatic hydroxyl groups is 1. The first-order valence-corrected chi connectivity index (χ1v) is 6.72. The van der Waals surface area contributed by atoms with Crippen LogP contribution in [0.4, 0.5) is 0 Å². The molecule has 0 fully saturated rings. The highest BCUT2D eigenvalue weighted by atomic mass is 16.4. The number of nitrogens with one attached hydrogen (secondary N) is 2. The Balaban J connectivity index is 1.96. The Kier molecular flexibility index (Phi) is 4.59. The van der Waals surface area contributed by atoms with Crippen molar-refractivity contribution in [2.24, 2.45) is 0 Å². The molecule has 0 spiro atoms. The van der Waals surface area contributed by atoms with E-state index in [1.165, 1.54) is 6.92 Å². The van der Waals surface area contributed by atoms with E-state index in [-0.39, 0.29) is 6.42 Å². The SMILES string of the molecule is C[C@@H](O)[C@H](NC(=O)CCc1c[nH]c2ccccc12)C(=O)[O-]. The summed E-state index contributed by atoms with van der Waals surface area (Å²) in [4.78, 5) is 25.7. The maximum Gasteiger partial charge on any atom is 0.220 e. The average Bonchev–Trinajstić information content (AvgIpc) is 2.85. The van der Waals surface area contributed by atoms with E-state index in [9.17, 15) is 19.8 Å². The van der Waals surface area contributed by atoms with Crippen molar-refractivity contribution in [3.8, 4) is 0 Å². The van der Waals surface area contributed by atoms with Crippen molar-refractivity contribution >= 4 is 22.8 Å². The summed E-state index contributed by atoms with van der Waals surface area (Å²) < 4.78 is 0. The predicted molar refractivity (Wildman–Crippen MR) is 75.2 cm³/mol. The predicted octanol–water partition coefficient (Wildman–Crippen LogP) is -0.284. The highest BCUT2D eigenvalue weighted by Gasteiger charge is 2.18. The molecule has 6 nitrogen and oxygen atoms in total. The lowest BCUT2D eigenvalue weighted by atomic mass is 10.1. The fourth-order valence-corrected chi connectivity index (χ4v) is 2.21. The number of hydrogen-bond acceptors (Lipinski definition) is 4. The van der Waals surface area contributed by atoms with Crippen molar-refractivity contribution in [2.45, 2.75) is 31.9 Å². The van der Waals surface area contributed by atoms with E-state index in [0.717, 1.165) is 16.5 Å². The van der Waals surface area contributed by atoms with Crippen molar-refractivity contribution in [1.82, 2.24) is 10.3 Å². The van der Waals surface area contributed by atoms with Crippen LogP contribution in [-0.4, -0.2) is 34.1 Å². The number of aryl methyl sites for hydroxylation is 1. The minimum atomic E-state index is -1.49. The first kappa shape index (κ1) is 15.1. The summed E-state index contributed by atoms with van der Waals surface area (Å²) in [6, 6.07) is 6.35. The molecular weight excluding hydrogens is 272 g/mol. The molecule has 0 unspecified atom stereocenters. The molecule has 1 amide bonds. The molecule has 2 rings (SSSR count). The van der Waals surface area contributed by atoms with Gasteiger partial charge in [-0.15, -0.1) is 0 Å². The number of aromatic amines is 1. The van der Waals surface area contributed by atoms with Crippen molar-refractivity contribution in [3.63, 3.8) is 0 Å². The fourth-order valence-electron chi connectivity index (χ4n) is 2.21. The third-order valence-electron chi connectivity index (χ3n) is 3.35. The second kappa shape index (κ2) is 6.41. The molecule has 0 aliphatic heterocycles. The van der Waals surface area contributed by atoms with E-state index >= 15 is 0 Å². The number of carboxylic acid groups (broad SMARTS) is 1. The minimum Gasteiger partial charge on any atom is -0.548 e. The Bertz CT molecular complexity index is 648. The Morgan fingerprint density at radius 1 is 1.38 bits per heavy atom. The number of aliphatic carboxylic acids is 1. The molecule has 3 N–H and O–H groups in total. The summed E-state index contributed by atoms with van der Waals surface area (Å²) in [5, 5.41) is 23.4. The molecule has 1 aromatic heterocycles. The van der Waals surface area contributed by atoms with Gasteiger partial charge in [-0.05, 0) is 25.0 Å². The molecule has 21 heavy (non-hydrogen) atoms. The van der Waals surface area contributed by atoms with E-state index in [4.69, 9.17) is 0 Å². The third kappa shape index (κ3) is 3.61. The van der Waals surface area contributed by atoms with E-state index < -0.39 is 24.0 Å². The number of H-pyrrole nitrogens is 1. The topological polar surface area (TPSA) is 105 Å². The Hall–Kier alpha value is -2.34. The number of fused-ring (bicyclic) bond motifs is 1. The van der Waals surface area contributed by atoms with E-state index in [1.54, 1.807) is 0 Å². The quantitative estimate of drug-likeness (QED) is 0.680. The van der Waals surface area contributed by atoms with Gasteiger partial charge in [-0.3, -0.25) is 4.79 Å². The number of aliphatic hydroxyl groups excluding tert-OH is 1. The lowest BCUT2D eigenvalue weighted by Crippen LogP contribution is -2.53. The smallest absolute Gasteiger partial charge is 0.220 e. The highest BCUT2D eigenvalue weighted by Crippen LogP contribution is 2.18. The molecule has 6 heteroatoms. The van der Waals surface area contributed by atoms with E-state index in [2.05, 4.69) is 10.3 Å².